The van der Waals surface area contributed by atoms with Crippen molar-refractivity contribution >= 4 is 39.8 Å². The summed E-state index contributed by atoms with van der Waals surface area (Å²) < 4.78 is 30.3. The third-order valence-corrected chi connectivity index (χ3v) is 5.83. The molecule has 29 heavy (non-hydrogen) atoms. The van der Waals surface area contributed by atoms with E-state index < -0.39 is 9.84 Å². The summed E-state index contributed by atoms with van der Waals surface area (Å²) in [6.07, 6.45) is 0.497. The maximum atomic E-state index is 12.3. The monoisotopic (exact) mass is 531 g/mol. The Labute approximate surface area is 191 Å². The number of rotatable bonds is 10. The van der Waals surface area contributed by atoms with Crippen LogP contribution in [0.4, 0.5) is 0 Å². The van der Waals surface area contributed by atoms with E-state index in [-0.39, 0.29) is 29.7 Å². The molecule has 0 spiro atoms. The van der Waals surface area contributed by atoms with Crippen molar-refractivity contribution in [1.29, 1.82) is 0 Å². The van der Waals surface area contributed by atoms with Gasteiger partial charge in [0.05, 0.1) is 23.8 Å². The van der Waals surface area contributed by atoms with E-state index in [0.717, 1.165) is 17.9 Å². The zero-order valence-corrected chi connectivity index (χ0v) is 20.1. The van der Waals surface area contributed by atoms with Gasteiger partial charge in [-0.05, 0) is 38.5 Å². The van der Waals surface area contributed by atoms with E-state index in [9.17, 15) is 8.42 Å². The molecular weight excluding hydrogens is 501 g/mol. The Morgan fingerprint density at radius 1 is 1.00 bits per heavy atom. The highest BCUT2D eigenvalue weighted by atomic mass is 127. The van der Waals surface area contributed by atoms with E-state index in [1.165, 1.54) is 0 Å². The van der Waals surface area contributed by atoms with Gasteiger partial charge in [-0.2, -0.15) is 0 Å². The molecule has 0 fully saturated rings. The van der Waals surface area contributed by atoms with Gasteiger partial charge in [0.1, 0.15) is 5.75 Å². The summed E-state index contributed by atoms with van der Waals surface area (Å²) in [7, 11) is -3.25. The average Bonchev–Trinajstić information content (AvgIpc) is 2.71. The molecule has 6 nitrogen and oxygen atoms in total. The number of benzene rings is 2. The van der Waals surface area contributed by atoms with Crippen molar-refractivity contribution in [3.8, 4) is 5.75 Å². The lowest BCUT2D eigenvalue weighted by molar-refractivity contribution is 0.336. The quantitative estimate of drug-likeness (QED) is 0.212. The van der Waals surface area contributed by atoms with Crippen molar-refractivity contribution in [1.82, 2.24) is 10.6 Å². The summed E-state index contributed by atoms with van der Waals surface area (Å²) in [6, 6.07) is 16.4. The highest BCUT2D eigenvalue weighted by Crippen LogP contribution is 2.18. The number of hydrogen-bond donors (Lipinski definition) is 2. The Morgan fingerprint density at radius 3 is 2.38 bits per heavy atom. The number of para-hydroxylation sites is 1. The number of ether oxygens (including phenoxy) is 1. The number of guanidine groups is 1. The van der Waals surface area contributed by atoms with Gasteiger partial charge >= 0.3 is 0 Å². The smallest absolute Gasteiger partial charge is 0.191 e. The van der Waals surface area contributed by atoms with E-state index in [4.69, 9.17) is 4.74 Å². The lowest BCUT2D eigenvalue weighted by Crippen LogP contribution is -2.38. The van der Waals surface area contributed by atoms with E-state index in [1.54, 1.807) is 24.3 Å². The Kier molecular flexibility index (Phi) is 11.7. The van der Waals surface area contributed by atoms with Crippen molar-refractivity contribution in [3.63, 3.8) is 0 Å². The molecule has 0 saturated heterocycles. The Bertz CT molecular complexity index is 858. The van der Waals surface area contributed by atoms with Crippen LogP contribution < -0.4 is 15.4 Å². The Balaban J connectivity index is 0.00000420. The minimum absolute atomic E-state index is 0. The summed E-state index contributed by atoms with van der Waals surface area (Å²) >= 11 is 0. The van der Waals surface area contributed by atoms with E-state index >= 15 is 0 Å². The number of sulfone groups is 1. The molecule has 0 heterocycles. The van der Waals surface area contributed by atoms with Crippen LogP contribution in [0.2, 0.25) is 0 Å². The molecule has 0 saturated carbocycles. The molecule has 0 aliphatic carbocycles. The van der Waals surface area contributed by atoms with E-state index in [2.05, 4.69) is 15.6 Å². The third kappa shape index (κ3) is 8.61. The van der Waals surface area contributed by atoms with Crippen LogP contribution in [0.1, 0.15) is 25.8 Å². The SMILES string of the molecule is CCNC(=NCc1ccccc1OCC)NCCCS(=O)(=O)c1ccccc1.I. The van der Waals surface area contributed by atoms with Crippen LogP contribution in [0, 0.1) is 0 Å². The normalized spacial score (nSPS) is 11.4. The molecule has 2 aromatic rings. The van der Waals surface area contributed by atoms with Gasteiger partial charge in [-0.3, -0.25) is 0 Å². The van der Waals surface area contributed by atoms with Gasteiger partial charge in [0, 0.05) is 18.7 Å². The van der Waals surface area contributed by atoms with Crippen LogP contribution in [0.5, 0.6) is 5.75 Å². The first-order chi connectivity index (χ1) is 13.6. The van der Waals surface area contributed by atoms with Gasteiger partial charge in [0.2, 0.25) is 0 Å². The van der Waals surface area contributed by atoms with Crippen molar-refractivity contribution in [2.75, 3.05) is 25.4 Å². The van der Waals surface area contributed by atoms with Gasteiger partial charge in [0.15, 0.2) is 15.8 Å². The second-order valence-electron chi connectivity index (χ2n) is 6.15. The lowest BCUT2D eigenvalue weighted by Gasteiger charge is -2.12. The highest BCUT2D eigenvalue weighted by Gasteiger charge is 2.13. The molecular formula is C21H30IN3O3S. The summed E-state index contributed by atoms with van der Waals surface area (Å²) in [4.78, 5) is 4.95. The fraction of sp³-hybridized carbons (Fsp3) is 0.381. The summed E-state index contributed by atoms with van der Waals surface area (Å²) in [5, 5.41) is 6.38. The number of hydrogen-bond acceptors (Lipinski definition) is 4. The predicted octanol–water partition coefficient (Wildman–Crippen LogP) is 3.62. The predicted molar refractivity (Wildman–Crippen MR) is 129 cm³/mol. The first kappa shape index (κ1) is 25.2. The molecule has 2 aromatic carbocycles. The Morgan fingerprint density at radius 2 is 1.69 bits per heavy atom. The molecule has 0 amide bonds. The van der Waals surface area contributed by atoms with Gasteiger partial charge in [-0.15, -0.1) is 24.0 Å². The molecule has 0 aromatic heterocycles. The van der Waals surface area contributed by atoms with E-state index in [1.807, 2.05) is 44.2 Å². The highest BCUT2D eigenvalue weighted by molar-refractivity contribution is 14.0. The molecule has 160 valence electrons. The zero-order valence-electron chi connectivity index (χ0n) is 16.9. The number of nitrogens with one attached hydrogen (secondary N) is 2. The average molecular weight is 531 g/mol. The number of nitrogens with zero attached hydrogens (tertiary/aromatic N) is 1. The van der Waals surface area contributed by atoms with Gasteiger partial charge in [-0.25, -0.2) is 13.4 Å². The second-order valence-corrected chi connectivity index (χ2v) is 8.26. The second kappa shape index (κ2) is 13.4. The van der Waals surface area contributed by atoms with Crippen LogP contribution in [0.25, 0.3) is 0 Å². The van der Waals surface area contributed by atoms with Gasteiger partial charge in [0.25, 0.3) is 0 Å². The summed E-state index contributed by atoms with van der Waals surface area (Å²) in [6.45, 7) is 6.27. The molecule has 0 aliphatic heterocycles. The lowest BCUT2D eigenvalue weighted by atomic mass is 10.2. The van der Waals surface area contributed by atoms with Crippen LogP contribution in [-0.4, -0.2) is 39.8 Å². The van der Waals surface area contributed by atoms with Gasteiger partial charge in [-0.1, -0.05) is 36.4 Å². The molecule has 0 radical (unpaired) electrons. The van der Waals surface area contributed by atoms with Crippen molar-refractivity contribution in [2.45, 2.75) is 31.7 Å². The third-order valence-electron chi connectivity index (χ3n) is 4.01. The number of halogens is 1. The summed E-state index contributed by atoms with van der Waals surface area (Å²) in [5.41, 5.74) is 1.01. The fourth-order valence-electron chi connectivity index (χ4n) is 2.65. The van der Waals surface area contributed by atoms with Crippen LogP contribution >= 0.6 is 24.0 Å². The zero-order chi connectivity index (χ0) is 20.2. The summed E-state index contributed by atoms with van der Waals surface area (Å²) in [5.74, 6) is 1.58. The van der Waals surface area contributed by atoms with Gasteiger partial charge < -0.3 is 15.4 Å². The van der Waals surface area contributed by atoms with Crippen molar-refractivity contribution in [3.05, 3.63) is 60.2 Å². The minimum atomic E-state index is -3.25. The topological polar surface area (TPSA) is 79.8 Å². The van der Waals surface area contributed by atoms with Crippen molar-refractivity contribution < 1.29 is 13.2 Å². The molecule has 0 bridgehead atoms. The first-order valence-electron chi connectivity index (χ1n) is 9.57. The van der Waals surface area contributed by atoms with Crippen LogP contribution in [0.15, 0.2) is 64.5 Å². The molecule has 0 atom stereocenters. The van der Waals surface area contributed by atoms with Crippen LogP contribution in [0.3, 0.4) is 0 Å². The maximum absolute atomic E-state index is 12.3. The van der Waals surface area contributed by atoms with Crippen LogP contribution in [-0.2, 0) is 16.4 Å². The minimum Gasteiger partial charge on any atom is -0.494 e. The number of aliphatic imine (C=N–C) groups is 1. The first-order valence-corrected chi connectivity index (χ1v) is 11.2. The standard InChI is InChI=1S/C21H29N3O3S.HI/c1-3-22-21(24-17-18-11-8-9-14-20(18)27-4-2)23-15-10-16-28(25,26)19-12-6-5-7-13-19;/h5-9,11-14H,3-4,10,15-17H2,1-2H3,(H2,22,23,24);1H. The molecule has 0 unspecified atom stereocenters. The molecule has 2 rings (SSSR count). The Hall–Kier alpha value is -1.81. The van der Waals surface area contributed by atoms with E-state index in [0.29, 0.717) is 37.0 Å². The largest absolute Gasteiger partial charge is 0.494 e. The molecule has 8 heteroatoms. The fourth-order valence-corrected chi connectivity index (χ4v) is 3.98. The van der Waals surface area contributed by atoms with Crippen molar-refractivity contribution in [2.24, 2.45) is 4.99 Å². The molecule has 0 aliphatic rings. The molecule has 2 N–H and O–H groups in total. The maximum Gasteiger partial charge on any atom is 0.191 e.